The van der Waals surface area contributed by atoms with Gasteiger partial charge < -0.3 is 9.30 Å². The Morgan fingerprint density at radius 3 is 2.57 bits per heavy atom. The summed E-state index contributed by atoms with van der Waals surface area (Å²) < 4.78 is 8.65. The zero-order valence-electron chi connectivity index (χ0n) is 14.1. The minimum atomic E-state index is 0.00935. The molecule has 0 saturated carbocycles. The molecule has 0 radical (unpaired) electrons. The summed E-state index contributed by atoms with van der Waals surface area (Å²) in [6.45, 7) is 9.42. The van der Waals surface area contributed by atoms with E-state index in [1.807, 2.05) is 18.2 Å². The summed E-state index contributed by atoms with van der Waals surface area (Å²) in [5.41, 5.74) is 1.87. The van der Waals surface area contributed by atoms with Crippen LogP contribution in [0.3, 0.4) is 0 Å². The molecule has 2 aromatic rings. The Bertz CT molecular complexity index is 669. The van der Waals surface area contributed by atoms with Crippen molar-refractivity contribution in [2.24, 2.45) is 5.92 Å². The van der Waals surface area contributed by atoms with E-state index in [9.17, 15) is 0 Å². The number of hydrogen-bond donors (Lipinski definition) is 0. The van der Waals surface area contributed by atoms with E-state index in [2.05, 4.69) is 52.4 Å². The first kappa shape index (κ1) is 16.7. The number of aromatic nitrogens is 3. The summed E-state index contributed by atoms with van der Waals surface area (Å²) in [5.74, 6) is 1.79. The van der Waals surface area contributed by atoms with E-state index in [1.54, 1.807) is 0 Å². The standard InChI is InChI=1S/C18H24BrN3O/c1-18(2,3)17-21-15(14-5-4-6-16(19)20-14)12-22(17)11-13-7-9-23-10-8-13/h4-6,12-13H,7-11H2,1-3H3. The first-order valence-corrected chi connectivity index (χ1v) is 9.01. The van der Waals surface area contributed by atoms with Crippen molar-refractivity contribution in [2.75, 3.05) is 13.2 Å². The molecule has 5 heteroatoms. The summed E-state index contributed by atoms with van der Waals surface area (Å²) in [6, 6.07) is 5.95. The summed E-state index contributed by atoms with van der Waals surface area (Å²) in [6.07, 6.45) is 4.42. The topological polar surface area (TPSA) is 39.9 Å². The SMILES string of the molecule is CC(C)(C)c1nc(-c2cccc(Br)n2)cn1CC1CCOCC1. The van der Waals surface area contributed by atoms with E-state index in [-0.39, 0.29) is 5.41 Å². The van der Waals surface area contributed by atoms with Gasteiger partial charge >= 0.3 is 0 Å². The van der Waals surface area contributed by atoms with Gasteiger partial charge in [-0.15, -0.1) is 0 Å². The lowest BCUT2D eigenvalue weighted by Gasteiger charge is -2.25. The number of pyridine rings is 1. The Labute approximate surface area is 146 Å². The molecular weight excluding hydrogens is 354 g/mol. The lowest BCUT2D eigenvalue weighted by Crippen LogP contribution is -2.24. The van der Waals surface area contributed by atoms with E-state index >= 15 is 0 Å². The van der Waals surface area contributed by atoms with Gasteiger partial charge in [-0.2, -0.15) is 0 Å². The van der Waals surface area contributed by atoms with Crippen LogP contribution in [0.25, 0.3) is 11.4 Å². The Balaban J connectivity index is 1.93. The Morgan fingerprint density at radius 1 is 1.17 bits per heavy atom. The van der Waals surface area contributed by atoms with Gasteiger partial charge in [-0.3, -0.25) is 0 Å². The van der Waals surface area contributed by atoms with Crippen LogP contribution in [0.4, 0.5) is 0 Å². The highest BCUT2D eigenvalue weighted by atomic mass is 79.9. The van der Waals surface area contributed by atoms with E-state index in [1.165, 1.54) is 0 Å². The molecule has 0 bridgehead atoms. The highest BCUT2D eigenvalue weighted by molar-refractivity contribution is 9.10. The average Bonchev–Trinajstić information content (AvgIpc) is 2.92. The Kier molecular flexibility index (Phi) is 4.87. The average molecular weight is 378 g/mol. The van der Waals surface area contributed by atoms with Crippen molar-refractivity contribution in [1.29, 1.82) is 0 Å². The normalized spacial score (nSPS) is 16.7. The number of nitrogens with zero attached hydrogens (tertiary/aromatic N) is 3. The third kappa shape index (κ3) is 4.01. The maximum Gasteiger partial charge on any atom is 0.114 e. The van der Waals surface area contributed by atoms with Gasteiger partial charge in [-0.1, -0.05) is 26.8 Å². The van der Waals surface area contributed by atoms with Crippen molar-refractivity contribution in [1.82, 2.24) is 14.5 Å². The van der Waals surface area contributed by atoms with Gasteiger partial charge in [0.15, 0.2) is 0 Å². The van der Waals surface area contributed by atoms with Gasteiger partial charge in [0, 0.05) is 31.4 Å². The van der Waals surface area contributed by atoms with Crippen LogP contribution in [-0.2, 0) is 16.7 Å². The second kappa shape index (κ2) is 6.73. The number of rotatable bonds is 3. The molecule has 3 rings (SSSR count). The number of imidazole rings is 1. The highest BCUT2D eigenvalue weighted by Gasteiger charge is 2.24. The summed E-state index contributed by atoms with van der Waals surface area (Å²) in [7, 11) is 0. The van der Waals surface area contributed by atoms with Crippen molar-refractivity contribution in [3.63, 3.8) is 0 Å². The minimum Gasteiger partial charge on any atom is -0.381 e. The predicted octanol–water partition coefficient (Wildman–Crippen LogP) is 4.43. The molecule has 2 aromatic heterocycles. The molecule has 1 saturated heterocycles. The Morgan fingerprint density at radius 2 is 1.91 bits per heavy atom. The van der Waals surface area contributed by atoms with Gasteiger partial charge in [-0.05, 0) is 46.8 Å². The summed E-state index contributed by atoms with van der Waals surface area (Å²) in [5, 5.41) is 0. The van der Waals surface area contributed by atoms with Gasteiger partial charge in [0.2, 0.25) is 0 Å². The van der Waals surface area contributed by atoms with E-state index < -0.39 is 0 Å². The maximum absolute atomic E-state index is 5.48. The van der Waals surface area contributed by atoms with Crippen LogP contribution < -0.4 is 0 Å². The van der Waals surface area contributed by atoms with E-state index in [4.69, 9.17) is 9.72 Å². The number of ether oxygens (including phenoxy) is 1. The second-order valence-corrected chi connectivity index (χ2v) is 8.07. The quantitative estimate of drug-likeness (QED) is 0.742. The van der Waals surface area contributed by atoms with Crippen LogP contribution >= 0.6 is 15.9 Å². The van der Waals surface area contributed by atoms with Crippen molar-refractivity contribution in [3.8, 4) is 11.4 Å². The van der Waals surface area contributed by atoms with Crippen LogP contribution in [0.15, 0.2) is 29.0 Å². The zero-order valence-corrected chi connectivity index (χ0v) is 15.6. The van der Waals surface area contributed by atoms with Crippen LogP contribution in [0, 0.1) is 5.92 Å². The van der Waals surface area contributed by atoms with Crippen molar-refractivity contribution >= 4 is 15.9 Å². The molecule has 124 valence electrons. The highest BCUT2D eigenvalue weighted by Crippen LogP contribution is 2.28. The summed E-state index contributed by atoms with van der Waals surface area (Å²) in [4.78, 5) is 9.45. The molecule has 4 nitrogen and oxygen atoms in total. The largest absolute Gasteiger partial charge is 0.381 e. The molecule has 0 amide bonds. The number of halogens is 1. The predicted molar refractivity (Wildman–Crippen MR) is 95.4 cm³/mol. The van der Waals surface area contributed by atoms with Crippen molar-refractivity contribution < 1.29 is 4.74 Å². The minimum absolute atomic E-state index is 0.00935. The van der Waals surface area contributed by atoms with Crippen LogP contribution in [0.5, 0.6) is 0 Å². The fourth-order valence-electron chi connectivity index (χ4n) is 3.04. The first-order valence-electron chi connectivity index (χ1n) is 8.22. The molecule has 23 heavy (non-hydrogen) atoms. The smallest absolute Gasteiger partial charge is 0.114 e. The molecule has 1 fully saturated rings. The zero-order chi connectivity index (χ0) is 16.4. The molecule has 1 aliphatic heterocycles. The number of hydrogen-bond acceptors (Lipinski definition) is 3. The Hall–Kier alpha value is -1.20. The molecular formula is C18H24BrN3O. The molecule has 0 spiro atoms. The van der Waals surface area contributed by atoms with Crippen LogP contribution in [0.2, 0.25) is 0 Å². The molecule has 0 atom stereocenters. The van der Waals surface area contributed by atoms with Gasteiger partial charge in [0.05, 0.1) is 5.69 Å². The lowest BCUT2D eigenvalue weighted by atomic mass is 9.94. The maximum atomic E-state index is 5.48. The molecule has 0 aliphatic carbocycles. The molecule has 3 heterocycles. The second-order valence-electron chi connectivity index (χ2n) is 7.25. The first-order chi connectivity index (χ1) is 10.9. The van der Waals surface area contributed by atoms with Gasteiger partial charge in [-0.25, -0.2) is 9.97 Å². The molecule has 0 N–H and O–H groups in total. The third-order valence-corrected chi connectivity index (χ3v) is 4.66. The molecule has 1 aliphatic rings. The van der Waals surface area contributed by atoms with Crippen molar-refractivity contribution in [3.05, 3.63) is 34.8 Å². The summed E-state index contributed by atoms with van der Waals surface area (Å²) >= 11 is 3.44. The van der Waals surface area contributed by atoms with Gasteiger partial charge in [0.25, 0.3) is 0 Å². The lowest BCUT2D eigenvalue weighted by molar-refractivity contribution is 0.0608. The third-order valence-electron chi connectivity index (χ3n) is 4.22. The van der Waals surface area contributed by atoms with E-state index in [0.717, 1.165) is 54.4 Å². The molecule has 0 unspecified atom stereocenters. The monoisotopic (exact) mass is 377 g/mol. The fraction of sp³-hybridized carbons (Fsp3) is 0.556. The molecule has 0 aromatic carbocycles. The van der Waals surface area contributed by atoms with E-state index in [0.29, 0.717) is 5.92 Å². The van der Waals surface area contributed by atoms with Gasteiger partial charge in [0.1, 0.15) is 16.1 Å². The van der Waals surface area contributed by atoms with Crippen molar-refractivity contribution in [2.45, 2.75) is 45.6 Å². The fourth-order valence-corrected chi connectivity index (χ4v) is 3.38. The van der Waals surface area contributed by atoms with Crippen LogP contribution in [0.1, 0.15) is 39.4 Å². The van der Waals surface area contributed by atoms with Crippen LogP contribution in [-0.4, -0.2) is 27.7 Å².